The summed E-state index contributed by atoms with van der Waals surface area (Å²) in [5, 5.41) is 4.86. The van der Waals surface area contributed by atoms with E-state index in [0.29, 0.717) is 11.1 Å². The van der Waals surface area contributed by atoms with Crippen LogP contribution in [0.25, 0.3) is 0 Å². The molecule has 28 heavy (non-hydrogen) atoms. The van der Waals surface area contributed by atoms with E-state index >= 15 is 0 Å². The molecule has 2 aromatic heterocycles. The van der Waals surface area contributed by atoms with Gasteiger partial charge in [-0.3, -0.25) is 24.2 Å². The van der Waals surface area contributed by atoms with Crippen LogP contribution in [0.3, 0.4) is 0 Å². The fourth-order valence-corrected chi connectivity index (χ4v) is 5.83. The Labute approximate surface area is 169 Å². The normalized spacial score (nSPS) is 21.3. The summed E-state index contributed by atoms with van der Waals surface area (Å²) in [7, 11) is 0. The van der Waals surface area contributed by atoms with Crippen molar-refractivity contribution in [3.05, 3.63) is 74.3 Å². The Bertz CT molecular complexity index is 1110. The third-order valence-corrected chi connectivity index (χ3v) is 7.33. The van der Waals surface area contributed by atoms with Gasteiger partial charge in [0.15, 0.2) is 0 Å². The number of carbonyl (C=O) groups excluding carboxylic acids is 3. The minimum absolute atomic E-state index is 0.215. The number of amides is 3. The lowest BCUT2D eigenvalue weighted by Gasteiger charge is -2.48. The number of carbonyl (C=O) groups is 3. The Hall–Kier alpha value is -2.77. The van der Waals surface area contributed by atoms with Crippen molar-refractivity contribution in [1.29, 1.82) is 0 Å². The zero-order valence-electron chi connectivity index (χ0n) is 15.2. The first kappa shape index (κ1) is 17.3. The molecule has 0 radical (unpaired) electrons. The summed E-state index contributed by atoms with van der Waals surface area (Å²) in [6.07, 6.45) is 0. The van der Waals surface area contributed by atoms with Crippen LogP contribution in [0.15, 0.2) is 47.2 Å². The molecule has 2 unspecified atom stereocenters. The van der Waals surface area contributed by atoms with Crippen LogP contribution in [-0.2, 0) is 4.79 Å². The van der Waals surface area contributed by atoms with Crippen molar-refractivity contribution in [2.75, 3.05) is 4.90 Å². The van der Waals surface area contributed by atoms with Crippen molar-refractivity contribution in [2.45, 2.75) is 25.9 Å². The maximum Gasteiger partial charge on any atom is 0.262 e. The van der Waals surface area contributed by atoms with Crippen LogP contribution in [0.4, 0.5) is 5.00 Å². The van der Waals surface area contributed by atoms with Crippen LogP contribution in [-0.4, -0.2) is 28.7 Å². The summed E-state index contributed by atoms with van der Waals surface area (Å²) in [6, 6.07) is 9.58. The predicted molar refractivity (Wildman–Crippen MR) is 109 cm³/mol. The Balaban J connectivity index is 1.58. The molecular weight excluding hydrogens is 392 g/mol. The summed E-state index contributed by atoms with van der Waals surface area (Å²) in [6.45, 7) is 3.98. The molecule has 0 saturated carbocycles. The summed E-state index contributed by atoms with van der Waals surface area (Å²) < 4.78 is 0. The molecular formula is C21H16N2O3S2. The first-order chi connectivity index (χ1) is 13.5. The van der Waals surface area contributed by atoms with Gasteiger partial charge in [0.25, 0.3) is 17.7 Å². The highest BCUT2D eigenvalue weighted by Gasteiger charge is 2.58. The number of anilines is 1. The Morgan fingerprint density at radius 1 is 0.786 bits per heavy atom. The SMILES string of the molecule is Cc1csc(C2C(N3C(=O)c4ccccc4C3=O)C(=O)N2c2cc(C)cs2)c1. The fourth-order valence-electron chi connectivity index (χ4n) is 3.87. The topological polar surface area (TPSA) is 57.7 Å². The molecule has 0 bridgehead atoms. The lowest BCUT2D eigenvalue weighted by Crippen LogP contribution is -2.66. The largest absolute Gasteiger partial charge is 0.291 e. The van der Waals surface area contributed by atoms with Crippen LogP contribution in [0.2, 0.25) is 0 Å². The highest BCUT2D eigenvalue weighted by atomic mass is 32.1. The van der Waals surface area contributed by atoms with Crippen LogP contribution < -0.4 is 4.90 Å². The Morgan fingerprint density at radius 3 is 1.93 bits per heavy atom. The Kier molecular flexibility index (Phi) is 3.79. The molecule has 5 rings (SSSR count). The van der Waals surface area contributed by atoms with E-state index in [1.54, 1.807) is 40.5 Å². The van der Waals surface area contributed by atoms with Gasteiger partial charge in [0.1, 0.15) is 12.1 Å². The average molecular weight is 409 g/mol. The van der Waals surface area contributed by atoms with Crippen molar-refractivity contribution in [3.8, 4) is 0 Å². The summed E-state index contributed by atoms with van der Waals surface area (Å²) in [5.41, 5.74) is 2.92. The van der Waals surface area contributed by atoms with E-state index in [-0.39, 0.29) is 23.8 Å². The molecule has 0 aliphatic carbocycles. The van der Waals surface area contributed by atoms with E-state index in [4.69, 9.17) is 0 Å². The van der Waals surface area contributed by atoms with Crippen LogP contribution in [0.1, 0.15) is 42.8 Å². The minimum Gasteiger partial charge on any atom is -0.291 e. The summed E-state index contributed by atoms with van der Waals surface area (Å²) in [4.78, 5) is 42.9. The minimum atomic E-state index is -0.812. The van der Waals surface area contributed by atoms with Gasteiger partial charge in [-0.1, -0.05) is 12.1 Å². The smallest absolute Gasteiger partial charge is 0.262 e. The van der Waals surface area contributed by atoms with Gasteiger partial charge in [0.05, 0.1) is 16.1 Å². The summed E-state index contributed by atoms with van der Waals surface area (Å²) >= 11 is 3.05. The highest BCUT2D eigenvalue weighted by Crippen LogP contribution is 2.47. The highest BCUT2D eigenvalue weighted by molar-refractivity contribution is 7.14. The molecule has 1 saturated heterocycles. The second kappa shape index (κ2) is 6.12. The van der Waals surface area contributed by atoms with Gasteiger partial charge < -0.3 is 0 Å². The molecule has 3 amide bonds. The van der Waals surface area contributed by atoms with Gasteiger partial charge in [0, 0.05) is 4.88 Å². The third kappa shape index (κ3) is 2.33. The number of nitrogens with zero attached hydrogens (tertiary/aromatic N) is 2. The van der Waals surface area contributed by atoms with Crippen molar-refractivity contribution in [3.63, 3.8) is 0 Å². The van der Waals surface area contributed by atoms with Gasteiger partial charge in [-0.05, 0) is 60.0 Å². The molecule has 7 heteroatoms. The quantitative estimate of drug-likeness (QED) is 0.483. The molecule has 140 valence electrons. The molecule has 3 aromatic rings. The molecule has 1 fully saturated rings. The fraction of sp³-hybridized carbons (Fsp3) is 0.190. The van der Waals surface area contributed by atoms with Gasteiger partial charge in [-0.25, -0.2) is 0 Å². The first-order valence-corrected chi connectivity index (χ1v) is 10.6. The zero-order valence-corrected chi connectivity index (χ0v) is 16.8. The lowest BCUT2D eigenvalue weighted by molar-refractivity contribution is -0.130. The number of β-lactam (4-membered cyclic amide) rings is 1. The molecule has 2 aliphatic heterocycles. The van der Waals surface area contributed by atoms with E-state index in [9.17, 15) is 14.4 Å². The van der Waals surface area contributed by atoms with E-state index < -0.39 is 6.04 Å². The second-order valence-corrected chi connectivity index (χ2v) is 8.95. The van der Waals surface area contributed by atoms with Crippen LogP contribution >= 0.6 is 22.7 Å². The molecule has 2 aliphatic rings. The van der Waals surface area contributed by atoms with Crippen molar-refractivity contribution in [1.82, 2.24) is 4.90 Å². The number of hydrogen-bond donors (Lipinski definition) is 0. The van der Waals surface area contributed by atoms with Crippen LogP contribution in [0.5, 0.6) is 0 Å². The number of imide groups is 1. The molecule has 5 nitrogen and oxygen atoms in total. The average Bonchev–Trinajstić information content (AvgIpc) is 3.35. The number of fused-ring (bicyclic) bond motifs is 1. The zero-order chi connectivity index (χ0) is 19.6. The van der Waals surface area contributed by atoms with E-state index in [1.165, 1.54) is 11.3 Å². The van der Waals surface area contributed by atoms with Crippen molar-refractivity contribution < 1.29 is 14.4 Å². The maximum absolute atomic E-state index is 13.2. The van der Waals surface area contributed by atoms with Gasteiger partial charge in [-0.15, -0.1) is 22.7 Å². The van der Waals surface area contributed by atoms with E-state index in [2.05, 4.69) is 0 Å². The molecule has 0 N–H and O–H groups in total. The monoisotopic (exact) mass is 408 g/mol. The number of thiophene rings is 2. The number of hydrogen-bond acceptors (Lipinski definition) is 5. The van der Waals surface area contributed by atoms with Crippen molar-refractivity contribution >= 4 is 45.4 Å². The standard InChI is InChI=1S/C21H16N2O3S2/c1-11-7-15(27-9-11)17-18(21(26)22(17)16-8-12(2)10-28-16)23-19(24)13-5-3-4-6-14(13)20(23)25/h3-10,17-18H,1-2H3. The molecule has 2 atom stereocenters. The van der Waals surface area contributed by atoms with Gasteiger partial charge in [0.2, 0.25) is 0 Å². The molecule has 4 heterocycles. The second-order valence-electron chi connectivity index (χ2n) is 7.11. The third-order valence-electron chi connectivity index (χ3n) is 5.17. The Morgan fingerprint density at radius 2 is 1.39 bits per heavy atom. The van der Waals surface area contributed by atoms with E-state index in [1.807, 2.05) is 36.7 Å². The number of aryl methyl sites for hydroxylation is 2. The molecule has 0 spiro atoms. The van der Waals surface area contributed by atoms with Crippen molar-refractivity contribution in [2.24, 2.45) is 0 Å². The number of benzene rings is 1. The van der Waals surface area contributed by atoms with Crippen LogP contribution in [0, 0.1) is 13.8 Å². The lowest BCUT2D eigenvalue weighted by atomic mass is 9.91. The van der Waals surface area contributed by atoms with Gasteiger partial charge >= 0.3 is 0 Å². The number of rotatable bonds is 3. The predicted octanol–water partition coefficient (Wildman–Crippen LogP) is 4.18. The van der Waals surface area contributed by atoms with Gasteiger partial charge in [-0.2, -0.15) is 0 Å². The first-order valence-electron chi connectivity index (χ1n) is 8.87. The summed E-state index contributed by atoms with van der Waals surface area (Å²) in [5.74, 6) is -0.995. The molecule has 1 aromatic carbocycles. The van der Waals surface area contributed by atoms with E-state index in [0.717, 1.165) is 25.9 Å². The maximum atomic E-state index is 13.2.